The topological polar surface area (TPSA) is 130 Å². The Morgan fingerprint density at radius 2 is 2.24 bits per heavy atom. The van der Waals surface area contributed by atoms with Gasteiger partial charge in [0.15, 0.2) is 0 Å². The van der Waals surface area contributed by atoms with Gasteiger partial charge in [-0.3, -0.25) is 14.5 Å². The number of rotatable bonds is 7. The first kappa shape index (κ1) is 22.7. The van der Waals surface area contributed by atoms with Crippen molar-refractivity contribution in [1.29, 1.82) is 5.26 Å². The fourth-order valence-electron chi connectivity index (χ4n) is 5.57. The molecule has 1 aromatic heterocycles. The number of aliphatic hydroxyl groups excluding tert-OH is 1. The number of methoxy groups -OCH3 is 1. The standard InChI is InChI=1S/C25H31N5O4/c1-34-22-6-2-5-19-18(22)11-20(29-19)25(33)30-13-16-8-15(16)10-21(30)24(32)28-17(12-26)9-14-4-3-7-27-23(14)31/h2,5-6,11,14-17,21,25,29,33H,3-4,7-10,13H2,1H3,(H,27,31)(H,28,32)/t14-,15?,16?,17-,21?,25?/m0/s1. The number of amides is 2. The van der Waals surface area contributed by atoms with Gasteiger partial charge < -0.3 is 25.5 Å². The predicted molar refractivity (Wildman–Crippen MR) is 124 cm³/mol. The number of hydrogen-bond donors (Lipinski definition) is 4. The number of piperidine rings is 2. The van der Waals surface area contributed by atoms with Crippen LogP contribution in [0.4, 0.5) is 0 Å². The van der Waals surface area contributed by atoms with Crippen molar-refractivity contribution in [2.75, 3.05) is 20.2 Å². The molecule has 1 aliphatic carbocycles. The average molecular weight is 466 g/mol. The minimum Gasteiger partial charge on any atom is -0.496 e. The summed E-state index contributed by atoms with van der Waals surface area (Å²) in [5, 5.41) is 27.5. The number of fused-ring (bicyclic) bond motifs is 2. The number of likely N-dealkylation sites (tertiary alicyclic amines) is 1. The van der Waals surface area contributed by atoms with Gasteiger partial charge >= 0.3 is 0 Å². The molecule has 34 heavy (non-hydrogen) atoms. The Labute approximate surface area is 198 Å². The Balaban J connectivity index is 1.32. The minimum atomic E-state index is -0.987. The number of H-pyrrole nitrogens is 1. The molecule has 1 saturated carbocycles. The maximum atomic E-state index is 13.3. The zero-order valence-electron chi connectivity index (χ0n) is 19.3. The Hall–Kier alpha value is -3.09. The number of carbonyl (C=O) groups is 2. The molecule has 0 radical (unpaired) electrons. The van der Waals surface area contributed by atoms with Gasteiger partial charge in [-0.1, -0.05) is 6.07 Å². The molecular weight excluding hydrogens is 434 g/mol. The Morgan fingerprint density at radius 1 is 1.38 bits per heavy atom. The summed E-state index contributed by atoms with van der Waals surface area (Å²) in [7, 11) is 1.61. The van der Waals surface area contributed by atoms with Crippen molar-refractivity contribution >= 4 is 22.7 Å². The third-order valence-corrected chi connectivity index (χ3v) is 7.59. The summed E-state index contributed by atoms with van der Waals surface area (Å²) in [6.45, 7) is 1.29. The molecule has 6 atom stereocenters. The van der Waals surface area contributed by atoms with Crippen LogP contribution in [-0.2, 0) is 9.59 Å². The van der Waals surface area contributed by atoms with E-state index in [0.29, 0.717) is 49.2 Å². The maximum Gasteiger partial charge on any atom is 0.238 e. The van der Waals surface area contributed by atoms with E-state index in [1.54, 1.807) is 7.11 Å². The molecule has 0 bridgehead atoms. The molecule has 1 aromatic carbocycles. The molecule has 2 aliphatic heterocycles. The molecule has 2 aromatic rings. The summed E-state index contributed by atoms with van der Waals surface area (Å²) in [6, 6.07) is 8.41. The monoisotopic (exact) mass is 465 g/mol. The molecule has 9 heteroatoms. The van der Waals surface area contributed by atoms with E-state index in [2.05, 4.69) is 21.7 Å². The predicted octanol–water partition coefficient (Wildman–Crippen LogP) is 1.80. The molecular formula is C25H31N5O4. The van der Waals surface area contributed by atoms with Crippen LogP contribution in [0.25, 0.3) is 10.9 Å². The Bertz CT molecular complexity index is 1120. The van der Waals surface area contributed by atoms with Crippen LogP contribution in [0.3, 0.4) is 0 Å². The Morgan fingerprint density at radius 3 is 3.00 bits per heavy atom. The third kappa shape index (κ3) is 4.36. The van der Waals surface area contributed by atoms with Crippen molar-refractivity contribution in [2.24, 2.45) is 17.8 Å². The molecule has 3 fully saturated rings. The van der Waals surface area contributed by atoms with E-state index < -0.39 is 18.3 Å². The molecule has 180 valence electrons. The largest absolute Gasteiger partial charge is 0.496 e. The van der Waals surface area contributed by atoms with E-state index in [1.165, 1.54) is 0 Å². The normalized spacial score (nSPS) is 28.3. The number of aliphatic hydroxyl groups is 1. The lowest BCUT2D eigenvalue weighted by Gasteiger charge is -2.37. The second-order valence-corrected chi connectivity index (χ2v) is 9.78. The number of ether oxygens (including phenoxy) is 1. The van der Waals surface area contributed by atoms with Gasteiger partial charge in [0.05, 0.1) is 24.9 Å². The first-order chi connectivity index (χ1) is 16.5. The van der Waals surface area contributed by atoms with Crippen LogP contribution in [0.1, 0.15) is 44.0 Å². The highest BCUT2D eigenvalue weighted by Gasteiger charge is 2.50. The van der Waals surface area contributed by atoms with Gasteiger partial charge in [-0.2, -0.15) is 5.26 Å². The summed E-state index contributed by atoms with van der Waals surface area (Å²) in [5.41, 5.74) is 1.46. The summed E-state index contributed by atoms with van der Waals surface area (Å²) in [5.74, 6) is 1.10. The average Bonchev–Trinajstić information content (AvgIpc) is 3.48. The van der Waals surface area contributed by atoms with Gasteiger partial charge in [0.2, 0.25) is 11.8 Å². The second-order valence-electron chi connectivity index (χ2n) is 9.78. The lowest BCUT2D eigenvalue weighted by molar-refractivity contribution is -0.136. The highest BCUT2D eigenvalue weighted by molar-refractivity contribution is 5.87. The van der Waals surface area contributed by atoms with Crippen LogP contribution in [0.5, 0.6) is 5.75 Å². The van der Waals surface area contributed by atoms with Gasteiger partial charge in [0.25, 0.3) is 0 Å². The number of benzene rings is 1. The van der Waals surface area contributed by atoms with Crippen molar-refractivity contribution in [3.05, 3.63) is 30.0 Å². The van der Waals surface area contributed by atoms with E-state index in [9.17, 15) is 20.0 Å². The van der Waals surface area contributed by atoms with Gasteiger partial charge in [0.1, 0.15) is 18.0 Å². The lowest BCUT2D eigenvalue weighted by Crippen LogP contribution is -2.53. The molecule has 2 amide bonds. The number of nitriles is 1. The van der Waals surface area contributed by atoms with Crippen molar-refractivity contribution in [2.45, 2.75) is 50.4 Å². The summed E-state index contributed by atoms with van der Waals surface area (Å²) < 4.78 is 5.44. The number of aromatic nitrogens is 1. The Kier molecular flexibility index (Phi) is 6.19. The van der Waals surface area contributed by atoms with Crippen LogP contribution >= 0.6 is 0 Å². The molecule has 5 rings (SSSR count). The first-order valence-electron chi connectivity index (χ1n) is 12.1. The number of aromatic amines is 1. The number of carbonyl (C=O) groups excluding carboxylic acids is 2. The van der Waals surface area contributed by atoms with Crippen molar-refractivity contribution < 1.29 is 19.4 Å². The highest BCUT2D eigenvalue weighted by Crippen LogP contribution is 2.49. The molecule has 0 spiro atoms. The van der Waals surface area contributed by atoms with Gasteiger partial charge in [0, 0.05) is 29.9 Å². The number of nitrogens with zero attached hydrogens (tertiary/aromatic N) is 2. The number of nitrogens with one attached hydrogen (secondary N) is 3. The molecule has 3 heterocycles. The summed E-state index contributed by atoms with van der Waals surface area (Å²) in [6.07, 6.45) is 2.62. The smallest absolute Gasteiger partial charge is 0.238 e. The van der Waals surface area contributed by atoms with Crippen molar-refractivity contribution in [3.8, 4) is 11.8 Å². The van der Waals surface area contributed by atoms with E-state index in [0.717, 1.165) is 30.2 Å². The third-order valence-electron chi connectivity index (χ3n) is 7.59. The maximum absolute atomic E-state index is 13.3. The van der Waals surface area contributed by atoms with Gasteiger partial charge in [-0.05, 0) is 62.1 Å². The SMILES string of the molecule is COc1cccc2[nH]c(C(O)N3CC4CC4CC3C(=O)N[C@H](C#N)C[C@@H]3CCCNC3=O)cc12. The van der Waals surface area contributed by atoms with Crippen LogP contribution < -0.4 is 15.4 Å². The van der Waals surface area contributed by atoms with Gasteiger partial charge in [-0.15, -0.1) is 0 Å². The fourth-order valence-corrected chi connectivity index (χ4v) is 5.57. The summed E-state index contributed by atoms with van der Waals surface area (Å²) >= 11 is 0. The summed E-state index contributed by atoms with van der Waals surface area (Å²) in [4.78, 5) is 30.5. The molecule has 9 nitrogen and oxygen atoms in total. The van der Waals surface area contributed by atoms with E-state index in [4.69, 9.17) is 4.74 Å². The van der Waals surface area contributed by atoms with E-state index in [1.807, 2.05) is 29.2 Å². The van der Waals surface area contributed by atoms with Crippen molar-refractivity contribution in [3.63, 3.8) is 0 Å². The van der Waals surface area contributed by atoms with E-state index >= 15 is 0 Å². The first-order valence-corrected chi connectivity index (χ1v) is 12.1. The lowest BCUT2D eigenvalue weighted by atomic mass is 9.91. The molecule has 4 N–H and O–H groups in total. The zero-order chi connectivity index (χ0) is 23.8. The van der Waals surface area contributed by atoms with Crippen molar-refractivity contribution in [1.82, 2.24) is 20.5 Å². The fraction of sp³-hybridized carbons (Fsp3) is 0.560. The molecule has 2 saturated heterocycles. The van der Waals surface area contributed by atoms with Crippen LogP contribution in [0.15, 0.2) is 24.3 Å². The quantitative estimate of drug-likeness (QED) is 0.493. The molecule has 4 unspecified atom stereocenters. The van der Waals surface area contributed by atoms with Gasteiger partial charge in [-0.25, -0.2) is 0 Å². The minimum absolute atomic E-state index is 0.0504. The molecule has 3 aliphatic rings. The zero-order valence-corrected chi connectivity index (χ0v) is 19.3. The highest BCUT2D eigenvalue weighted by atomic mass is 16.5. The van der Waals surface area contributed by atoms with E-state index in [-0.39, 0.29) is 17.7 Å². The second kappa shape index (κ2) is 9.28. The van der Waals surface area contributed by atoms with Crippen LogP contribution in [0, 0.1) is 29.1 Å². The number of hydrogen-bond acceptors (Lipinski definition) is 6. The van der Waals surface area contributed by atoms with Crippen LogP contribution in [-0.4, -0.2) is 59.1 Å². The van der Waals surface area contributed by atoms with Crippen LogP contribution in [0.2, 0.25) is 0 Å².